The van der Waals surface area contributed by atoms with Crippen LogP contribution >= 0.6 is 24.8 Å². The third-order valence-corrected chi connectivity index (χ3v) is 5.50. The normalized spacial score (nSPS) is 11.3. The molecule has 1 heterocycles. The van der Waals surface area contributed by atoms with Crippen molar-refractivity contribution in [3.8, 4) is 22.3 Å². The molecule has 0 aliphatic carbocycles. The average molecular weight is 485 g/mol. The SMILES string of the molecule is Cl.Cl.NCCC[C@H](N)CNC(=O)c1[nH]c2ccc(-c3ccccc3)cc2c1-c1ccccc1. The second-order valence-corrected chi connectivity index (χ2v) is 7.77. The number of carbonyl (C=O) groups is 1. The zero-order chi connectivity index (χ0) is 21.6. The molecular formula is C26H30Cl2N4O. The summed E-state index contributed by atoms with van der Waals surface area (Å²) in [5.41, 5.74) is 17.3. The highest BCUT2D eigenvalue weighted by atomic mass is 35.5. The Hall–Kier alpha value is -2.83. The number of H-pyrrole nitrogens is 1. The van der Waals surface area contributed by atoms with Crippen molar-refractivity contribution in [1.82, 2.24) is 10.3 Å². The van der Waals surface area contributed by atoms with Crippen molar-refractivity contribution in [2.24, 2.45) is 11.5 Å². The molecule has 0 aliphatic heterocycles. The molecule has 0 aliphatic rings. The van der Waals surface area contributed by atoms with Crippen molar-refractivity contribution in [2.45, 2.75) is 18.9 Å². The van der Waals surface area contributed by atoms with Crippen LogP contribution in [0.15, 0.2) is 78.9 Å². The predicted octanol–water partition coefficient (Wildman–Crippen LogP) is 5.14. The lowest BCUT2D eigenvalue weighted by Crippen LogP contribution is -2.37. The van der Waals surface area contributed by atoms with Crippen molar-refractivity contribution in [1.29, 1.82) is 0 Å². The van der Waals surface area contributed by atoms with E-state index in [1.807, 2.05) is 54.6 Å². The fraction of sp³-hybridized carbons (Fsp3) is 0.192. The minimum Gasteiger partial charge on any atom is -0.350 e. The summed E-state index contributed by atoms with van der Waals surface area (Å²) >= 11 is 0. The third-order valence-electron chi connectivity index (χ3n) is 5.50. The number of amides is 1. The lowest BCUT2D eigenvalue weighted by Gasteiger charge is -2.12. The van der Waals surface area contributed by atoms with E-state index in [1.165, 1.54) is 0 Å². The third kappa shape index (κ3) is 6.15. The summed E-state index contributed by atoms with van der Waals surface area (Å²) in [7, 11) is 0. The molecule has 1 aromatic heterocycles. The van der Waals surface area contributed by atoms with Crippen molar-refractivity contribution >= 4 is 41.6 Å². The summed E-state index contributed by atoms with van der Waals surface area (Å²) in [5.74, 6) is -0.153. The molecule has 4 aromatic rings. The lowest BCUT2D eigenvalue weighted by molar-refractivity contribution is 0.0947. The Morgan fingerprint density at radius 3 is 2.15 bits per heavy atom. The van der Waals surface area contributed by atoms with Crippen molar-refractivity contribution in [2.75, 3.05) is 13.1 Å². The Bertz CT molecular complexity index is 1160. The molecule has 0 saturated carbocycles. The van der Waals surface area contributed by atoms with Gasteiger partial charge in [0.1, 0.15) is 5.69 Å². The smallest absolute Gasteiger partial charge is 0.268 e. The highest BCUT2D eigenvalue weighted by molar-refractivity contribution is 6.10. The number of nitrogens with two attached hydrogens (primary N) is 2. The number of nitrogens with one attached hydrogen (secondary N) is 2. The molecule has 0 radical (unpaired) electrons. The number of fused-ring (bicyclic) bond motifs is 1. The first-order valence-electron chi connectivity index (χ1n) is 10.7. The van der Waals surface area contributed by atoms with Gasteiger partial charge in [0.05, 0.1) is 0 Å². The van der Waals surface area contributed by atoms with E-state index in [4.69, 9.17) is 11.5 Å². The standard InChI is InChI=1S/C26H28N4O.2ClH/c27-15-7-12-21(28)17-29-26(31)25-24(19-10-5-2-6-11-19)22-16-20(13-14-23(22)30-25)18-8-3-1-4-9-18;;/h1-6,8-11,13-14,16,21,30H,7,12,15,17,27-28H2,(H,29,31);2*1H/t21-;;/m0../s1. The first-order valence-corrected chi connectivity index (χ1v) is 10.7. The summed E-state index contributed by atoms with van der Waals surface area (Å²) in [6, 6.07) is 26.4. The van der Waals surface area contributed by atoms with Gasteiger partial charge in [-0.2, -0.15) is 0 Å². The van der Waals surface area contributed by atoms with E-state index < -0.39 is 0 Å². The summed E-state index contributed by atoms with van der Waals surface area (Å²) in [5, 5.41) is 4.01. The van der Waals surface area contributed by atoms with E-state index in [1.54, 1.807) is 0 Å². The number of benzene rings is 3. The van der Waals surface area contributed by atoms with Gasteiger partial charge in [0.2, 0.25) is 0 Å². The number of aromatic nitrogens is 1. The second kappa shape index (κ2) is 12.4. The molecular weight excluding hydrogens is 455 g/mol. The van der Waals surface area contributed by atoms with E-state index >= 15 is 0 Å². The molecule has 7 heteroatoms. The van der Waals surface area contributed by atoms with Crippen LogP contribution in [0.3, 0.4) is 0 Å². The van der Waals surface area contributed by atoms with Gasteiger partial charge in [-0.15, -0.1) is 24.8 Å². The highest BCUT2D eigenvalue weighted by Gasteiger charge is 2.20. The van der Waals surface area contributed by atoms with Crippen LogP contribution in [-0.4, -0.2) is 30.0 Å². The fourth-order valence-corrected chi connectivity index (χ4v) is 3.87. The Morgan fingerprint density at radius 1 is 0.879 bits per heavy atom. The largest absolute Gasteiger partial charge is 0.350 e. The van der Waals surface area contributed by atoms with Gasteiger partial charge in [-0.25, -0.2) is 0 Å². The maximum absolute atomic E-state index is 13.1. The van der Waals surface area contributed by atoms with E-state index in [9.17, 15) is 4.79 Å². The second-order valence-electron chi connectivity index (χ2n) is 7.77. The van der Waals surface area contributed by atoms with E-state index in [0.717, 1.165) is 46.0 Å². The van der Waals surface area contributed by atoms with Crippen LogP contribution in [0.1, 0.15) is 23.3 Å². The van der Waals surface area contributed by atoms with Crippen molar-refractivity contribution in [3.63, 3.8) is 0 Å². The molecule has 1 atom stereocenters. The topological polar surface area (TPSA) is 96.9 Å². The summed E-state index contributed by atoms with van der Waals surface area (Å²) in [6.45, 7) is 1.02. The molecule has 33 heavy (non-hydrogen) atoms. The van der Waals surface area contributed by atoms with Gasteiger partial charge >= 0.3 is 0 Å². The number of carbonyl (C=O) groups excluding carboxylic acids is 1. The monoisotopic (exact) mass is 484 g/mol. The van der Waals surface area contributed by atoms with Gasteiger partial charge in [0.15, 0.2) is 0 Å². The van der Waals surface area contributed by atoms with Crippen LogP contribution in [0.4, 0.5) is 0 Å². The van der Waals surface area contributed by atoms with Gasteiger partial charge in [0, 0.05) is 29.1 Å². The minimum absolute atomic E-state index is 0. The minimum atomic E-state index is -0.153. The molecule has 1 amide bonds. The Balaban J connectivity index is 0.00000193. The van der Waals surface area contributed by atoms with E-state index in [0.29, 0.717) is 18.8 Å². The van der Waals surface area contributed by atoms with E-state index in [2.05, 4.69) is 34.6 Å². The number of halogens is 2. The molecule has 0 unspecified atom stereocenters. The van der Waals surface area contributed by atoms with Crippen molar-refractivity contribution < 1.29 is 4.79 Å². The molecule has 0 fully saturated rings. The van der Waals surface area contributed by atoms with Gasteiger partial charge in [0.25, 0.3) is 5.91 Å². The molecule has 3 aromatic carbocycles. The molecule has 0 bridgehead atoms. The van der Waals surface area contributed by atoms with Crippen LogP contribution in [-0.2, 0) is 0 Å². The Labute approximate surface area is 206 Å². The summed E-state index contributed by atoms with van der Waals surface area (Å²) in [6.07, 6.45) is 1.64. The number of aromatic amines is 1. The predicted molar refractivity (Wildman–Crippen MR) is 142 cm³/mol. The van der Waals surface area contributed by atoms with E-state index in [-0.39, 0.29) is 36.8 Å². The number of hydrogen-bond donors (Lipinski definition) is 4. The van der Waals surface area contributed by atoms with Crippen molar-refractivity contribution in [3.05, 3.63) is 84.6 Å². The zero-order valence-corrected chi connectivity index (χ0v) is 19.9. The molecule has 5 nitrogen and oxygen atoms in total. The average Bonchev–Trinajstić information content (AvgIpc) is 3.21. The van der Waals surface area contributed by atoms with Crippen LogP contribution in [0.25, 0.3) is 33.2 Å². The summed E-state index contributed by atoms with van der Waals surface area (Å²) < 4.78 is 0. The molecule has 6 N–H and O–H groups in total. The Morgan fingerprint density at radius 2 is 1.52 bits per heavy atom. The summed E-state index contributed by atoms with van der Waals surface area (Å²) in [4.78, 5) is 16.5. The van der Waals surface area contributed by atoms with Gasteiger partial charge in [-0.3, -0.25) is 4.79 Å². The molecule has 0 spiro atoms. The first kappa shape index (κ1) is 26.4. The highest BCUT2D eigenvalue weighted by Crippen LogP contribution is 2.35. The maximum atomic E-state index is 13.1. The van der Waals surface area contributed by atoms with Crippen LogP contribution in [0, 0.1) is 0 Å². The van der Waals surface area contributed by atoms with Gasteiger partial charge < -0.3 is 21.8 Å². The molecule has 0 saturated heterocycles. The first-order chi connectivity index (χ1) is 15.2. The van der Waals surface area contributed by atoms with Crippen LogP contribution < -0.4 is 16.8 Å². The Kier molecular flexibility index (Phi) is 9.95. The maximum Gasteiger partial charge on any atom is 0.268 e. The zero-order valence-electron chi connectivity index (χ0n) is 18.3. The number of hydrogen-bond acceptors (Lipinski definition) is 3. The fourth-order valence-electron chi connectivity index (χ4n) is 3.87. The quantitative estimate of drug-likeness (QED) is 0.278. The molecule has 174 valence electrons. The number of rotatable bonds is 8. The lowest BCUT2D eigenvalue weighted by atomic mass is 9.98. The van der Waals surface area contributed by atoms with Crippen LogP contribution in [0.5, 0.6) is 0 Å². The van der Waals surface area contributed by atoms with Gasteiger partial charge in [-0.05, 0) is 48.2 Å². The molecule has 4 rings (SSSR count). The van der Waals surface area contributed by atoms with Gasteiger partial charge in [-0.1, -0.05) is 66.7 Å². The van der Waals surface area contributed by atoms with Crippen LogP contribution in [0.2, 0.25) is 0 Å².